The van der Waals surface area contributed by atoms with Crippen LogP contribution in [0.2, 0.25) is 0 Å². The van der Waals surface area contributed by atoms with Gasteiger partial charge >= 0.3 is 12.3 Å². The molecule has 1 aromatic heterocycles. The highest BCUT2D eigenvalue weighted by atomic mass is 19.4. The molecule has 4 aliphatic rings. The van der Waals surface area contributed by atoms with Crippen molar-refractivity contribution in [2.24, 2.45) is 17.3 Å². The Balaban J connectivity index is 0.905. The predicted octanol–water partition coefficient (Wildman–Crippen LogP) is 9.90. The van der Waals surface area contributed by atoms with E-state index in [0.717, 1.165) is 96.0 Å². The Labute approximate surface area is 351 Å². The van der Waals surface area contributed by atoms with Crippen LogP contribution >= 0.6 is 0 Å². The average molecular weight is 839 g/mol. The van der Waals surface area contributed by atoms with Crippen LogP contribution < -0.4 is 10.1 Å². The second kappa shape index (κ2) is 17.6. The zero-order valence-electron chi connectivity index (χ0n) is 36.1. The van der Waals surface area contributed by atoms with Gasteiger partial charge < -0.3 is 24.6 Å². The summed E-state index contributed by atoms with van der Waals surface area (Å²) in [5.41, 5.74) is 0.0407. The van der Waals surface area contributed by atoms with Crippen LogP contribution in [-0.2, 0) is 15.7 Å². The molecule has 3 heterocycles. The van der Waals surface area contributed by atoms with Crippen LogP contribution in [0.1, 0.15) is 126 Å². The Bertz CT molecular complexity index is 2000. The highest BCUT2D eigenvalue weighted by Gasteiger charge is 2.41. The van der Waals surface area contributed by atoms with E-state index in [1.807, 2.05) is 37.8 Å². The first kappa shape index (κ1) is 43.9. The molecular formula is C46H62F4N6O4. The Hall–Kier alpha value is -4.20. The van der Waals surface area contributed by atoms with Crippen molar-refractivity contribution in [3.05, 3.63) is 58.7 Å². The lowest BCUT2D eigenvalue weighted by Gasteiger charge is -2.47. The molecule has 3 aromatic rings. The number of alkyl halides is 3. The van der Waals surface area contributed by atoms with Gasteiger partial charge in [0, 0.05) is 68.7 Å². The highest BCUT2D eigenvalue weighted by Crippen LogP contribution is 2.47. The fourth-order valence-corrected chi connectivity index (χ4v) is 10.2. The minimum Gasteiger partial charge on any atom is -0.496 e. The van der Waals surface area contributed by atoms with Crippen LogP contribution in [0.3, 0.4) is 0 Å². The maximum Gasteiger partial charge on any atom is 0.419 e. The van der Waals surface area contributed by atoms with Gasteiger partial charge in [-0.3, -0.25) is 9.69 Å². The van der Waals surface area contributed by atoms with Gasteiger partial charge in [-0.1, -0.05) is 12.1 Å². The van der Waals surface area contributed by atoms with E-state index < -0.39 is 29.2 Å². The molecule has 1 atom stereocenters. The van der Waals surface area contributed by atoms with E-state index in [4.69, 9.17) is 9.47 Å². The summed E-state index contributed by atoms with van der Waals surface area (Å²) in [5.74, 6) is 1.26. The topological polar surface area (TPSA) is 100 Å². The van der Waals surface area contributed by atoms with E-state index in [0.29, 0.717) is 39.6 Å². The zero-order chi connectivity index (χ0) is 43.0. The predicted molar refractivity (Wildman–Crippen MR) is 223 cm³/mol. The van der Waals surface area contributed by atoms with Crippen LogP contribution in [0.15, 0.2) is 30.3 Å². The molecule has 4 fully saturated rings. The van der Waals surface area contributed by atoms with Gasteiger partial charge in [0.15, 0.2) is 0 Å². The molecule has 2 saturated heterocycles. The van der Waals surface area contributed by atoms with E-state index in [1.165, 1.54) is 37.8 Å². The third-order valence-corrected chi connectivity index (χ3v) is 13.7. The van der Waals surface area contributed by atoms with Gasteiger partial charge in [-0.15, -0.1) is 0 Å². The monoisotopic (exact) mass is 838 g/mol. The second-order valence-corrected chi connectivity index (χ2v) is 18.9. The summed E-state index contributed by atoms with van der Waals surface area (Å²) in [6.07, 6.45) is 5.16. The molecule has 0 unspecified atom stereocenters. The summed E-state index contributed by atoms with van der Waals surface area (Å²) < 4.78 is 67.0. The van der Waals surface area contributed by atoms with Gasteiger partial charge in [0.05, 0.1) is 24.2 Å². The minimum absolute atomic E-state index is 0.0260. The van der Waals surface area contributed by atoms with Crippen molar-refractivity contribution in [2.75, 3.05) is 58.2 Å². The molecule has 0 bridgehead atoms. The number of hydrogen-bond acceptors (Lipinski definition) is 8. The number of ether oxygens (including phenoxy) is 2. The van der Waals surface area contributed by atoms with E-state index >= 15 is 4.39 Å². The van der Waals surface area contributed by atoms with Crippen molar-refractivity contribution < 1.29 is 36.6 Å². The minimum atomic E-state index is -4.81. The fraction of sp³-hybridized carbons (Fsp3) is 0.652. The molecular weight excluding hydrogens is 777 g/mol. The molecule has 60 heavy (non-hydrogen) atoms. The quantitative estimate of drug-likeness (QED) is 0.224. The Morgan fingerprint density at radius 3 is 2.18 bits per heavy atom. The molecule has 14 heteroatoms. The number of aromatic nitrogens is 2. The smallest absolute Gasteiger partial charge is 0.419 e. The van der Waals surface area contributed by atoms with E-state index in [-0.39, 0.29) is 29.4 Å². The maximum atomic E-state index is 15.1. The molecule has 7 rings (SSSR count). The van der Waals surface area contributed by atoms with Crippen molar-refractivity contribution in [3.8, 4) is 5.75 Å². The molecule has 328 valence electrons. The summed E-state index contributed by atoms with van der Waals surface area (Å²) in [6, 6.07) is 6.33. The van der Waals surface area contributed by atoms with Crippen molar-refractivity contribution in [1.82, 2.24) is 24.7 Å². The van der Waals surface area contributed by atoms with Crippen LogP contribution in [0.5, 0.6) is 5.75 Å². The Kier molecular flexibility index (Phi) is 12.9. The summed E-state index contributed by atoms with van der Waals surface area (Å²) in [7, 11) is 1.62. The third kappa shape index (κ3) is 9.95. The number of likely N-dealkylation sites (tertiary alicyclic amines) is 1. The Morgan fingerprint density at radius 1 is 0.900 bits per heavy atom. The number of piperazine rings is 1. The molecule has 1 spiro atoms. The number of halogens is 4. The number of anilines is 1. The lowest BCUT2D eigenvalue weighted by atomic mass is 9.65. The number of fused-ring (bicyclic) bond motifs is 1. The number of aryl methyl sites for hydroxylation is 1. The number of carbonyl (C=O) groups excluding carboxylic acids is 2. The summed E-state index contributed by atoms with van der Waals surface area (Å²) >= 11 is 0. The number of piperidine rings is 1. The zero-order valence-corrected chi connectivity index (χ0v) is 36.1. The van der Waals surface area contributed by atoms with E-state index in [9.17, 15) is 22.8 Å². The van der Waals surface area contributed by atoms with E-state index in [1.54, 1.807) is 21.0 Å². The first-order valence-corrected chi connectivity index (χ1v) is 21.9. The number of rotatable bonds is 8. The van der Waals surface area contributed by atoms with Crippen LogP contribution in [0.4, 0.5) is 28.2 Å². The molecule has 1 N–H and O–H groups in total. The highest BCUT2D eigenvalue weighted by molar-refractivity contribution is 5.91. The van der Waals surface area contributed by atoms with Gasteiger partial charge in [-0.05, 0) is 134 Å². The lowest BCUT2D eigenvalue weighted by molar-refractivity contribution is -0.140. The second-order valence-electron chi connectivity index (χ2n) is 18.9. The van der Waals surface area contributed by atoms with Gasteiger partial charge in [-0.2, -0.15) is 13.2 Å². The number of nitrogens with zero attached hydrogens (tertiary/aromatic N) is 5. The normalized spacial score (nSPS) is 22.5. The summed E-state index contributed by atoms with van der Waals surface area (Å²) in [4.78, 5) is 42.1. The molecule has 2 aliphatic heterocycles. The van der Waals surface area contributed by atoms with Gasteiger partial charge in [0.2, 0.25) is 5.91 Å². The number of benzene rings is 2. The number of carbonyl (C=O) groups is 2. The molecule has 0 radical (unpaired) electrons. The van der Waals surface area contributed by atoms with Gasteiger partial charge in [0.1, 0.15) is 28.8 Å². The maximum absolute atomic E-state index is 15.1. The molecule has 2 aliphatic carbocycles. The van der Waals surface area contributed by atoms with Gasteiger partial charge in [0.25, 0.3) is 0 Å². The standard InChI is InChI=1S/C46H62F4N6O4/c1-29(34-8-7-9-37(40(34)47)46(48,49)50)51-41-36-26-35(39(59-6)27-38(36)52-30(2)53-41)32-10-12-33(13-11-32)42(57)55-24-22-54(23-25-55)28-31-14-16-45(17-15-31)18-20-56(21-19-45)43(58)60-44(3,4)5/h7-9,26-27,29,31-33H,10-25,28H2,1-6H3,(H,51,52,53)/t29-,32?,33?/m1/s1. The Morgan fingerprint density at radius 2 is 1.57 bits per heavy atom. The van der Waals surface area contributed by atoms with E-state index in [2.05, 4.69) is 25.1 Å². The number of hydrogen-bond donors (Lipinski definition) is 1. The molecule has 2 aromatic carbocycles. The van der Waals surface area contributed by atoms with Gasteiger partial charge in [-0.25, -0.2) is 19.2 Å². The largest absolute Gasteiger partial charge is 0.496 e. The molecule has 2 saturated carbocycles. The number of methoxy groups -OCH3 is 1. The average Bonchev–Trinajstić information content (AvgIpc) is 3.20. The first-order valence-electron chi connectivity index (χ1n) is 21.9. The van der Waals surface area contributed by atoms with Crippen molar-refractivity contribution >= 4 is 28.7 Å². The van der Waals surface area contributed by atoms with Crippen molar-refractivity contribution in [2.45, 2.75) is 123 Å². The number of nitrogens with one attached hydrogen (secondary N) is 1. The fourth-order valence-electron chi connectivity index (χ4n) is 10.2. The molecule has 10 nitrogen and oxygen atoms in total. The van der Waals surface area contributed by atoms with Crippen molar-refractivity contribution in [1.29, 1.82) is 0 Å². The van der Waals surface area contributed by atoms with Crippen molar-refractivity contribution in [3.63, 3.8) is 0 Å². The SMILES string of the molecule is COc1cc2nc(C)nc(N[C@H](C)c3cccc(C(F)(F)F)c3F)c2cc1C1CCC(C(=O)N2CCN(CC3CCC4(CC3)CCN(C(=O)OC(C)(C)C)CC4)CC2)CC1. The summed E-state index contributed by atoms with van der Waals surface area (Å²) in [5, 5.41) is 3.83. The summed E-state index contributed by atoms with van der Waals surface area (Å²) in [6.45, 7) is 15.0. The lowest BCUT2D eigenvalue weighted by Crippen LogP contribution is -2.52. The van der Waals surface area contributed by atoms with Crippen LogP contribution in [-0.4, -0.2) is 95.2 Å². The first-order chi connectivity index (χ1) is 28.4. The van der Waals surface area contributed by atoms with Crippen LogP contribution in [0, 0.1) is 30.0 Å². The van der Waals surface area contributed by atoms with Crippen LogP contribution in [0.25, 0.3) is 10.9 Å². The third-order valence-electron chi connectivity index (χ3n) is 13.7. The molecule has 2 amide bonds. The number of amides is 2.